The maximum Gasteiger partial charge on any atom is 0.308 e. The molecule has 0 aliphatic heterocycles. The third-order valence-electron chi connectivity index (χ3n) is 1.40. The summed E-state index contributed by atoms with van der Waals surface area (Å²) in [6.45, 7) is 3.50. The quantitative estimate of drug-likeness (QED) is 0.422. The van der Waals surface area contributed by atoms with E-state index in [0.29, 0.717) is 5.75 Å². The highest BCUT2D eigenvalue weighted by molar-refractivity contribution is 7.99. The summed E-state index contributed by atoms with van der Waals surface area (Å²) in [6.07, 6.45) is 0. The first kappa shape index (κ1) is 10.1. The third kappa shape index (κ3) is 3.51. The van der Waals surface area contributed by atoms with Crippen molar-refractivity contribution in [3.05, 3.63) is 24.3 Å². The van der Waals surface area contributed by atoms with Gasteiger partial charge in [0, 0.05) is 11.8 Å². The van der Waals surface area contributed by atoms with Crippen molar-refractivity contribution in [2.75, 3.05) is 5.75 Å². The molecule has 0 saturated carbocycles. The van der Waals surface area contributed by atoms with Gasteiger partial charge in [0.05, 0.1) is 0 Å². The predicted octanol–water partition coefficient (Wildman–Crippen LogP) is 2.72. The lowest BCUT2D eigenvalue weighted by molar-refractivity contribution is -0.131. The molecule has 0 unspecified atom stereocenters. The number of carbonyl (C=O) groups excluding carboxylic acids is 1. The molecule has 13 heavy (non-hydrogen) atoms. The van der Waals surface area contributed by atoms with Crippen molar-refractivity contribution in [2.24, 2.45) is 0 Å². The van der Waals surface area contributed by atoms with Gasteiger partial charge >= 0.3 is 5.97 Å². The van der Waals surface area contributed by atoms with E-state index >= 15 is 0 Å². The monoisotopic (exact) mass is 196 g/mol. The second kappa shape index (κ2) is 4.92. The number of benzene rings is 1. The molecule has 0 aliphatic carbocycles. The molecule has 0 saturated heterocycles. The highest BCUT2D eigenvalue weighted by Gasteiger charge is 1.97. The summed E-state index contributed by atoms with van der Waals surface area (Å²) in [5.41, 5.74) is 0. The highest BCUT2D eigenvalue weighted by Crippen LogP contribution is 2.20. The van der Waals surface area contributed by atoms with E-state index in [0.717, 1.165) is 5.75 Å². The second-order valence-electron chi connectivity index (χ2n) is 2.50. The van der Waals surface area contributed by atoms with Gasteiger partial charge in [0.25, 0.3) is 0 Å². The molecule has 1 rings (SSSR count). The number of hydrogen-bond donors (Lipinski definition) is 0. The molecule has 1 aromatic carbocycles. The second-order valence-corrected chi connectivity index (χ2v) is 3.84. The molecular weight excluding hydrogens is 184 g/mol. The van der Waals surface area contributed by atoms with Crippen LogP contribution in [0.2, 0.25) is 0 Å². The number of thioether (sulfide) groups is 1. The van der Waals surface area contributed by atoms with Gasteiger partial charge in [-0.1, -0.05) is 6.92 Å². The lowest BCUT2D eigenvalue weighted by Crippen LogP contribution is -2.00. The Morgan fingerprint density at radius 3 is 2.46 bits per heavy atom. The fraction of sp³-hybridized carbons (Fsp3) is 0.300. The van der Waals surface area contributed by atoms with Crippen LogP contribution >= 0.6 is 11.8 Å². The van der Waals surface area contributed by atoms with Crippen LogP contribution in [0.5, 0.6) is 5.75 Å². The first-order chi connectivity index (χ1) is 6.22. The van der Waals surface area contributed by atoms with Gasteiger partial charge in [-0.05, 0) is 30.0 Å². The minimum Gasteiger partial charge on any atom is -0.427 e. The minimum absolute atomic E-state index is 0.282. The van der Waals surface area contributed by atoms with Crippen molar-refractivity contribution >= 4 is 17.7 Å². The van der Waals surface area contributed by atoms with Crippen LogP contribution in [0, 0.1) is 0 Å². The largest absolute Gasteiger partial charge is 0.427 e. The SMILES string of the molecule is CCSc1ccc(OC(C)=O)cc1. The van der Waals surface area contributed by atoms with E-state index in [-0.39, 0.29) is 5.97 Å². The van der Waals surface area contributed by atoms with Gasteiger partial charge in [0.2, 0.25) is 0 Å². The molecular formula is C10H12O2S. The van der Waals surface area contributed by atoms with Gasteiger partial charge in [-0.15, -0.1) is 11.8 Å². The van der Waals surface area contributed by atoms with Crippen LogP contribution in [0.1, 0.15) is 13.8 Å². The summed E-state index contributed by atoms with van der Waals surface area (Å²) >= 11 is 1.76. The zero-order chi connectivity index (χ0) is 9.68. The van der Waals surface area contributed by atoms with Crippen LogP contribution in [-0.2, 0) is 4.79 Å². The van der Waals surface area contributed by atoms with E-state index in [2.05, 4.69) is 6.92 Å². The number of ether oxygens (including phenoxy) is 1. The van der Waals surface area contributed by atoms with Crippen molar-refractivity contribution in [2.45, 2.75) is 18.7 Å². The molecule has 0 amide bonds. The van der Waals surface area contributed by atoms with Crippen molar-refractivity contribution in [1.82, 2.24) is 0 Å². The van der Waals surface area contributed by atoms with E-state index in [9.17, 15) is 4.79 Å². The summed E-state index contributed by atoms with van der Waals surface area (Å²) in [4.78, 5) is 11.8. The Hall–Kier alpha value is -0.960. The van der Waals surface area contributed by atoms with E-state index in [1.165, 1.54) is 11.8 Å². The topological polar surface area (TPSA) is 26.3 Å². The van der Waals surface area contributed by atoms with E-state index in [4.69, 9.17) is 4.74 Å². The lowest BCUT2D eigenvalue weighted by Gasteiger charge is -2.01. The zero-order valence-corrected chi connectivity index (χ0v) is 8.56. The lowest BCUT2D eigenvalue weighted by atomic mass is 10.3. The zero-order valence-electron chi connectivity index (χ0n) is 7.74. The maximum atomic E-state index is 10.6. The van der Waals surface area contributed by atoms with Gasteiger partial charge in [0.15, 0.2) is 0 Å². The van der Waals surface area contributed by atoms with Gasteiger partial charge in [-0.3, -0.25) is 4.79 Å². The van der Waals surface area contributed by atoms with Crippen molar-refractivity contribution in [3.8, 4) is 5.75 Å². The van der Waals surface area contributed by atoms with Crippen LogP contribution in [0.25, 0.3) is 0 Å². The number of esters is 1. The van der Waals surface area contributed by atoms with Gasteiger partial charge in [-0.2, -0.15) is 0 Å². The first-order valence-corrected chi connectivity index (χ1v) is 5.12. The highest BCUT2D eigenvalue weighted by atomic mass is 32.2. The molecule has 1 aromatic rings. The Morgan fingerprint density at radius 1 is 1.38 bits per heavy atom. The van der Waals surface area contributed by atoms with E-state index in [1.807, 2.05) is 12.1 Å². The van der Waals surface area contributed by atoms with Crippen LogP contribution in [0.15, 0.2) is 29.2 Å². The molecule has 70 valence electrons. The summed E-state index contributed by atoms with van der Waals surface area (Å²) in [7, 11) is 0. The molecule has 0 aromatic heterocycles. The van der Waals surface area contributed by atoms with E-state index in [1.54, 1.807) is 23.9 Å². The van der Waals surface area contributed by atoms with Crippen LogP contribution in [0.3, 0.4) is 0 Å². The summed E-state index contributed by atoms with van der Waals surface area (Å²) in [6, 6.07) is 7.51. The average molecular weight is 196 g/mol. The average Bonchev–Trinajstić information content (AvgIpc) is 2.08. The van der Waals surface area contributed by atoms with Crippen LogP contribution in [-0.4, -0.2) is 11.7 Å². The van der Waals surface area contributed by atoms with Gasteiger partial charge < -0.3 is 4.74 Å². The van der Waals surface area contributed by atoms with Crippen molar-refractivity contribution in [1.29, 1.82) is 0 Å². The van der Waals surface area contributed by atoms with Crippen molar-refractivity contribution in [3.63, 3.8) is 0 Å². The summed E-state index contributed by atoms with van der Waals surface area (Å²) < 4.78 is 4.90. The van der Waals surface area contributed by atoms with Crippen LogP contribution in [0.4, 0.5) is 0 Å². The number of carbonyl (C=O) groups is 1. The third-order valence-corrected chi connectivity index (χ3v) is 2.29. The Labute approximate surface area is 82.3 Å². The molecule has 0 radical (unpaired) electrons. The molecule has 0 bridgehead atoms. The molecule has 0 fully saturated rings. The smallest absolute Gasteiger partial charge is 0.308 e. The fourth-order valence-electron chi connectivity index (χ4n) is 0.937. The Morgan fingerprint density at radius 2 is 2.00 bits per heavy atom. The molecule has 3 heteroatoms. The molecule has 0 spiro atoms. The van der Waals surface area contributed by atoms with Gasteiger partial charge in [-0.25, -0.2) is 0 Å². The minimum atomic E-state index is -0.282. The first-order valence-electron chi connectivity index (χ1n) is 4.13. The van der Waals surface area contributed by atoms with Crippen molar-refractivity contribution < 1.29 is 9.53 Å². The standard InChI is InChI=1S/C10H12O2S/c1-3-13-10-6-4-9(5-7-10)12-8(2)11/h4-7H,3H2,1-2H3. The van der Waals surface area contributed by atoms with Crippen LogP contribution < -0.4 is 4.74 Å². The predicted molar refractivity (Wildman–Crippen MR) is 54.1 cm³/mol. The molecule has 0 heterocycles. The Kier molecular flexibility index (Phi) is 3.83. The molecule has 2 nitrogen and oxygen atoms in total. The molecule has 0 atom stereocenters. The maximum absolute atomic E-state index is 10.6. The van der Waals surface area contributed by atoms with Gasteiger partial charge in [0.1, 0.15) is 5.75 Å². The normalized spacial score (nSPS) is 9.69. The molecule has 0 aliphatic rings. The summed E-state index contributed by atoms with van der Waals surface area (Å²) in [5, 5.41) is 0. The Bertz CT molecular complexity index is 279. The fourth-order valence-corrected chi connectivity index (χ4v) is 1.60. The Balaban J connectivity index is 2.64. The summed E-state index contributed by atoms with van der Waals surface area (Å²) in [5.74, 6) is 1.37. The number of rotatable bonds is 3. The van der Waals surface area contributed by atoms with E-state index < -0.39 is 0 Å². The molecule has 0 N–H and O–H groups in total. The number of hydrogen-bond acceptors (Lipinski definition) is 3.